The molecule has 0 radical (unpaired) electrons. The average Bonchev–Trinajstić information content (AvgIpc) is 3.18. The molecule has 0 saturated heterocycles. The number of H-pyrrole nitrogens is 1. The fourth-order valence-electron chi connectivity index (χ4n) is 3.87. The van der Waals surface area contributed by atoms with E-state index in [9.17, 15) is 13.5 Å². The summed E-state index contributed by atoms with van der Waals surface area (Å²) in [6, 6.07) is 7.78. The normalized spacial score (nSPS) is 12.4. The molecule has 3 aromatic rings. The van der Waals surface area contributed by atoms with Gasteiger partial charge in [-0.15, -0.1) is 0 Å². The third-order valence-corrected chi connectivity index (χ3v) is 5.77. The van der Waals surface area contributed by atoms with Crippen LogP contribution in [0.15, 0.2) is 46.1 Å². The van der Waals surface area contributed by atoms with Crippen molar-refractivity contribution in [1.29, 1.82) is 0 Å². The second-order valence-corrected chi connectivity index (χ2v) is 7.66. The van der Waals surface area contributed by atoms with Crippen LogP contribution in [-0.2, 0) is 25.6 Å². The smallest absolute Gasteiger partial charge is 0.296 e. The lowest BCUT2D eigenvalue weighted by Gasteiger charge is -2.16. The molecule has 1 aromatic carbocycles. The minimum Gasteiger partial charge on any atom is -0.296 e. The Morgan fingerprint density at radius 3 is 2.90 bits per heavy atom. The number of nitrogens with one attached hydrogen (secondary N) is 1. The molecule has 0 aliphatic heterocycles. The van der Waals surface area contributed by atoms with Crippen molar-refractivity contribution in [3.63, 3.8) is 0 Å². The SMILES string of the molecule is Cc1c(-c2ccc(Cc3nccc4c3C=CC4)cc2CSF)n(C)c(=O)[nH]c1=O. The number of pyridine rings is 1. The van der Waals surface area contributed by atoms with Crippen LogP contribution in [0.25, 0.3) is 17.3 Å². The van der Waals surface area contributed by atoms with Gasteiger partial charge in [0, 0.05) is 42.9 Å². The summed E-state index contributed by atoms with van der Waals surface area (Å²) in [5.74, 6) is 0.129. The highest BCUT2D eigenvalue weighted by atomic mass is 32.2. The number of nitrogens with zero attached hydrogens (tertiary/aromatic N) is 2. The summed E-state index contributed by atoms with van der Waals surface area (Å²) in [6.45, 7) is 1.66. The topological polar surface area (TPSA) is 67.8 Å². The first-order valence-corrected chi connectivity index (χ1v) is 10.2. The second kappa shape index (κ2) is 7.83. The number of benzene rings is 1. The predicted molar refractivity (Wildman–Crippen MR) is 115 cm³/mol. The number of halogens is 1. The van der Waals surface area contributed by atoms with Gasteiger partial charge in [-0.25, -0.2) is 4.79 Å². The molecule has 0 bridgehead atoms. The highest BCUT2D eigenvalue weighted by Gasteiger charge is 2.17. The highest BCUT2D eigenvalue weighted by Crippen LogP contribution is 2.30. The molecule has 5 nitrogen and oxygen atoms in total. The molecule has 7 heteroatoms. The highest BCUT2D eigenvalue weighted by molar-refractivity contribution is 7.93. The maximum absolute atomic E-state index is 13.2. The Hall–Kier alpha value is -2.93. The molecule has 2 heterocycles. The minimum atomic E-state index is -0.491. The minimum absolute atomic E-state index is 0.129. The Bertz CT molecular complexity index is 1210. The molecule has 1 aliphatic carbocycles. The maximum atomic E-state index is 13.2. The zero-order valence-corrected chi connectivity index (χ0v) is 17.0. The molecule has 0 fully saturated rings. The fourth-order valence-corrected chi connectivity index (χ4v) is 4.22. The summed E-state index contributed by atoms with van der Waals surface area (Å²) >= 11 is 0.219. The molecule has 29 heavy (non-hydrogen) atoms. The van der Waals surface area contributed by atoms with Gasteiger partial charge in [0.05, 0.1) is 17.1 Å². The second-order valence-electron chi connectivity index (χ2n) is 7.15. The van der Waals surface area contributed by atoms with Crippen molar-refractivity contribution in [2.75, 3.05) is 0 Å². The van der Waals surface area contributed by atoms with Gasteiger partial charge >= 0.3 is 5.69 Å². The molecular formula is C22H20FN3O2S. The van der Waals surface area contributed by atoms with Crippen LogP contribution in [0.5, 0.6) is 0 Å². The van der Waals surface area contributed by atoms with E-state index in [0.717, 1.165) is 28.8 Å². The van der Waals surface area contributed by atoms with Crippen molar-refractivity contribution >= 4 is 18.2 Å². The van der Waals surface area contributed by atoms with Crippen LogP contribution >= 0.6 is 12.1 Å². The average molecular weight is 409 g/mol. The van der Waals surface area contributed by atoms with E-state index in [-0.39, 0.29) is 17.9 Å². The molecule has 2 aromatic heterocycles. The van der Waals surface area contributed by atoms with E-state index < -0.39 is 11.2 Å². The van der Waals surface area contributed by atoms with Crippen molar-refractivity contribution in [2.24, 2.45) is 7.05 Å². The summed E-state index contributed by atoms with van der Waals surface area (Å²) in [7, 11) is 1.60. The zero-order chi connectivity index (χ0) is 20.5. The van der Waals surface area contributed by atoms with Crippen molar-refractivity contribution in [3.8, 4) is 11.3 Å². The number of aromatic amines is 1. The van der Waals surface area contributed by atoms with E-state index in [4.69, 9.17) is 0 Å². The lowest BCUT2D eigenvalue weighted by atomic mass is 9.96. The lowest BCUT2D eigenvalue weighted by molar-refractivity contribution is 0.798. The molecule has 0 atom stereocenters. The largest absolute Gasteiger partial charge is 0.328 e. The summed E-state index contributed by atoms with van der Waals surface area (Å²) < 4.78 is 14.6. The molecule has 0 amide bonds. The molecule has 0 saturated carbocycles. The molecule has 4 rings (SSSR count). The van der Waals surface area contributed by atoms with Crippen LogP contribution in [0.1, 0.15) is 33.5 Å². The number of hydrogen-bond acceptors (Lipinski definition) is 4. The number of aromatic nitrogens is 3. The van der Waals surface area contributed by atoms with Crippen LogP contribution in [-0.4, -0.2) is 14.5 Å². The summed E-state index contributed by atoms with van der Waals surface area (Å²) in [5, 5.41) is 0. The first-order chi connectivity index (χ1) is 14.0. The lowest BCUT2D eigenvalue weighted by Crippen LogP contribution is -2.31. The van der Waals surface area contributed by atoms with Crippen LogP contribution in [0.2, 0.25) is 0 Å². The fraction of sp³-hybridized carbons (Fsp3) is 0.227. The van der Waals surface area contributed by atoms with Crippen LogP contribution < -0.4 is 11.2 Å². The molecule has 148 valence electrons. The predicted octanol–water partition coefficient (Wildman–Crippen LogP) is 3.72. The standard InChI is InChI=1S/C22H20FN3O2S/c1-13-20(26(2)22(28)25-21(13)27)18-7-6-14(10-16(18)12-29-23)11-19-17-5-3-4-15(17)8-9-24-19/h3,5-10H,4,11-12H2,1-2H3,(H,25,27,28). The summed E-state index contributed by atoms with van der Waals surface area (Å²) in [5.41, 5.74) is 5.86. The quantitative estimate of drug-likeness (QED) is 0.697. The molecular weight excluding hydrogens is 389 g/mol. The number of fused-ring (bicyclic) bond motifs is 1. The van der Waals surface area contributed by atoms with Crippen LogP contribution in [0.4, 0.5) is 3.89 Å². The Morgan fingerprint density at radius 1 is 1.28 bits per heavy atom. The first kappa shape index (κ1) is 19.4. The Labute approximate surface area is 171 Å². The van der Waals surface area contributed by atoms with E-state index in [1.54, 1.807) is 14.0 Å². The first-order valence-electron chi connectivity index (χ1n) is 9.28. The molecule has 1 N–H and O–H groups in total. The maximum Gasteiger partial charge on any atom is 0.328 e. The van der Waals surface area contributed by atoms with Crippen molar-refractivity contribution in [2.45, 2.75) is 25.5 Å². The Morgan fingerprint density at radius 2 is 2.10 bits per heavy atom. The zero-order valence-electron chi connectivity index (χ0n) is 16.2. The number of allylic oxidation sites excluding steroid dienone is 1. The van der Waals surface area contributed by atoms with Crippen molar-refractivity contribution < 1.29 is 3.89 Å². The van der Waals surface area contributed by atoms with E-state index in [0.29, 0.717) is 23.2 Å². The molecule has 0 spiro atoms. The van der Waals surface area contributed by atoms with Gasteiger partial charge in [-0.2, -0.15) is 3.89 Å². The number of hydrogen-bond donors (Lipinski definition) is 1. The Kier molecular flexibility index (Phi) is 5.24. The van der Waals surface area contributed by atoms with Gasteiger partial charge in [-0.1, -0.05) is 30.4 Å². The van der Waals surface area contributed by atoms with E-state index in [2.05, 4.69) is 22.1 Å². The van der Waals surface area contributed by atoms with Crippen molar-refractivity contribution in [3.05, 3.63) is 90.9 Å². The summed E-state index contributed by atoms with van der Waals surface area (Å²) in [4.78, 5) is 31.0. The third-order valence-electron chi connectivity index (χ3n) is 5.35. The van der Waals surface area contributed by atoms with Crippen LogP contribution in [0.3, 0.4) is 0 Å². The van der Waals surface area contributed by atoms with Gasteiger partial charge in [0.15, 0.2) is 0 Å². The third kappa shape index (κ3) is 3.58. The van der Waals surface area contributed by atoms with Gasteiger partial charge in [0.25, 0.3) is 5.56 Å². The van der Waals surface area contributed by atoms with E-state index in [1.165, 1.54) is 10.1 Å². The Balaban J connectivity index is 1.80. The monoisotopic (exact) mass is 409 g/mol. The van der Waals surface area contributed by atoms with E-state index in [1.807, 2.05) is 30.5 Å². The van der Waals surface area contributed by atoms with Crippen LogP contribution in [0, 0.1) is 6.92 Å². The van der Waals surface area contributed by atoms with E-state index >= 15 is 0 Å². The van der Waals surface area contributed by atoms with Gasteiger partial charge in [-0.3, -0.25) is 19.3 Å². The molecule has 1 aliphatic rings. The molecule has 0 unspecified atom stereocenters. The van der Waals surface area contributed by atoms with Gasteiger partial charge in [0.1, 0.15) is 0 Å². The van der Waals surface area contributed by atoms with Gasteiger partial charge in [-0.05, 0) is 41.7 Å². The summed E-state index contributed by atoms with van der Waals surface area (Å²) in [6.07, 6.45) is 7.59. The van der Waals surface area contributed by atoms with Crippen molar-refractivity contribution in [1.82, 2.24) is 14.5 Å². The van der Waals surface area contributed by atoms with Gasteiger partial charge in [0.2, 0.25) is 0 Å². The van der Waals surface area contributed by atoms with Gasteiger partial charge < -0.3 is 0 Å². The number of rotatable bonds is 5.